The smallest absolute Gasteiger partial charge is 0.416 e. The number of alkyl halides is 3. The van der Waals surface area contributed by atoms with Crippen molar-refractivity contribution < 1.29 is 23.1 Å². The summed E-state index contributed by atoms with van der Waals surface area (Å²) in [5, 5.41) is 10.1. The lowest BCUT2D eigenvalue weighted by Gasteiger charge is -2.27. The van der Waals surface area contributed by atoms with Crippen molar-refractivity contribution in [1.29, 1.82) is 0 Å². The van der Waals surface area contributed by atoms with Crippen molar-refractivity contribution in [3.63, 3.8) is 0 Å². The molecule has 34 heavy (non-hydrogen) atoms. The highest BCUT2D eigenvalue weighted by Crippen LogP contribution is 2.40. The van der Waals surface area contributed by atoms with Gasteiger partial charge in [0.1, 0.15) is 0 Å². The summed E-state index contributed by atoms with van der Waals surface area (Å²) in [6.07, 6.45) is -1.33. The molecule has 8 heteroatoms. The van der Waals surface area contributed by atoms with Crippen molar-refractivity contribution in [2.24, 2.45) is 0 Å². The molecule has 0 unspecified atom stereocenters. The molecule has 1 N–H and O–H groups in total. The first kappa shape index (κ1) is 23.2. The second kappa shape index (κ2) is 8.78. The van der Waals surface area contributed by atoms with Crippen LogP contribution < -0.4 is 4.90 Å². The summed E-state index contributed by atoms with van der Waals surface area (Å²) >= 11 is 0. The number of aromatic hydroxyl groups is 1. The monoisotopic (exact) mass is 465 g/mol. The zero-order valence-corrected chi connectivity index (χ0v) is 18.8. The summed E-state index contributed by atoms with van der Waals surface area (Å²) in [7, 11) is 0. The summed E-state index contributed by atoms with van der Waals surface area (Å²) in [6.45, 7) is 4.83. The van der Waals surface area contributed by atoms with E-state index in [9.17, 15) is 23.1 Å². The average molecular weight is 465 g/mol. The van der Waals surface area contributed by atoms with Gasteiger partial charge in [-0.3, -0.25) is 14.7 Å². The molecular formula is C26H22F3N3O2. The lowest BCUT2D eigenvalue weighted by Crippen LogP contribution is -2.26. The number of fused-ring (bicyclic) bond motifs is 1. The molecule has 1 amide bonds. The number of hydrogen-bond acceptors (Lipinski definition) is 4. The molecule has 2 aromatic heterocycles. The van der Waals surface area contributed by atoms with Crippen LogP contribution in [0.15, 0.2) is 60.9 Å². The molecule has 0 fully saturated rings. The molecule has 4 aromatic rings. The number of pyridine rings is 2. The van der Waals surface area contributed by atoms with Crippen LogP contribution in [0.5, 0.6) is 5.88 Å². The maximum absolute atomic E-state index is 13.6. The van der Waals surface area contributed by atoms with Crippen LogP contribution in [-0.2, 0) is 11.0 Å². The molecule has 174 valence electrons. The summed E-state index contributed by atoms with van der Waals surface area (Å²) in [5.74, 6) is -0.452. The quantitative estimate of drug-likeness (QED) is 0.364. The lowest BCUT2D eigenvalue weighted by atomic mass is 10.0. The van der Waals surface area contributed by atoms with E-state index in [1.165, 1.54) is 36.2 Å². The van der Waals surface area contributed by atoms with Gasteiger partial charge in [-0.1, -0.05) is 19.1 Å². The van der Waals surface area contributed by atoms with Gasteiger partial charge >= 0.3 is 6.18 Å². The van der Waals surface area contributed by atoms with Crippen molar-refractivity contribution in [1.82, 2.24) is 9.97 Å². The van der Waals surface area contributed by atoms with E-state index in [0.29, 0.717) is 22.2 Å². The van der Waals surface area contributed by atoms with Crippen LogP contribution in [0.3, 0.4) is 0 Å². The molecule has 2 aromatic carbocycles. The minimum absolute atomic E-state index is 0.0820. The highest BCUT2D eigenvalue weighted by molar-refractivity contribution is 6.09. The van der Waals surface area contributed by atoms with Gasteiger partial charge in [-0.2, -0.15) is 13.2 Å². The van der Waals surface area contributed by atoms with E-state index in [0.717, 1.165) is 17.2 Å². The Labute approximate surface area is 194 Å². The van der Waals surface area contributed by atoms with E-state index in [1.54, 1.807) is 32.2 Å². The number of hydrogen-bond donors (Lipinski definition) is 1. The molecule has 0 aliphatic carbocycles. The van der Waals surface area contributed by atoms with Gasteiger partial charge in [-0.05, 0) is 60.9 Å². The summed E-state index contributed by atoms with van der Waals surface area (Å²) in [6, 6.07) is 12.5. The summed E-state index contributed by atoms with van der Waals surface area (Å²) < 4.78 is 40.9. The Morgan fingerprint density at radius 2 is 1.68 bits per heavy atom. The van der Waals surface area contributed by atoms with Crippen molar-refractivity contribution in [3.8, 4) is 17.0 Å². The maximum atomic E-state index is 13.6. The first-order valence-electron chi connectivity index (χ1n) is 10.7. The van der Waals surface area contributed by atoms with Crippen molar-refractivity contribution in [2.45, 2.75) is 33.4 Å². The molecule has 0 saturated carbocycles. The molecule has 0 spiro atoms. The summed E-state index contributed by atoms with van der Waals surface area (Å²) in [5.41, 5.74) is 2.63. The van der Waals surface area contributed by atoms with Gasteiger partial charge in [0.15, 0.2) is 0 Å². The molecule has 2 heterocycles. The Bertz CT molecular complexity index is 1380. The first-order valence-corrected chi connectivity index (χ1v) is 10.7. The second-order valence-corrected chi connectivity index (χ2v) is 8.01. The van der Waals surface area contributed by atoms with Gasteiger partial charge in [-0.15, -0.1) is 0 Å². The number of halogens is 3. The van der Waals surface area contributed by atoms with E-state index in [4.69, 9.17) is 0 Å². The SMILES string of the molecule is CCC(=O)N(c1ccc(C)c(C(F)(F)F)c1)c1c(C)cnc2ccc(-c3ccc(O)nc3)cc12. The number of amides is 1. The van der Waals surface area contributed by atoms with Gasteiger partial charge in [0.05, 0.1) is 16.8 Å². The molecule has 0 saturated heterocycles. The lowest BCUT2D eigenvalue weighted by molar-refractivity contribution is -0.138. The number of carbonyl (C=O) groups is 1. The largest absolute Gasteiger partial charge is 0.493 e. The van der Waals surface area contributed by atoms with Crippen LogP contribution in [0, 0.1) is 13.8 Å². The van der Waals surface area contributed by atoms with Gasteiger partial charge in [0, 0.05) is 41.5 Å². The fourth-order valence-electron chi connectivity index (χ4n) is 3.92. The van der Waals surface area contributed by atoms with Crippen LogP contribution in [-0.4, -0.2) is 21.0 Å². The number of benzene rings is 2. The van der Waals surface area contributed by atoms with Crippen molar-refractivity contribution >= 4 is 28.2 Å². The van der Waals surface area contributed by atoms with E-state index in [1.807, 2.05) is 12.1 Å². The second-order valence-electron chi connectivity index (χ2n) is 8.01. The van der Waals surface area contributed by atoms with E-state index in [2.05, 4.69) is 9.97 Å². The molecule has 0 aliphatic heterocycles. The molecule has 0 bridgehead atoms. The average Bonchev–Trinajstić information content (AvgIpc) is 2.80. The van der Waals surface area contributed by atoms with Gasteiger partial charge in [0.25, 0.3) is 0 Å². The minimum Gasteiger partial charge on any atom is -0.493 e. The number of aromatic nitrogens is 2. The fourth-order valence-corrected chi connectivity index (χ4v) is 3.92. The van der Waals surface area contributed by atoms with E-state index in [-0.39, 0.29) is 29.5 Å². The third-order valence-electron chi connectivity index (χ3n) is 5.66. The Morgan fingerprint density at radius 1 is 0.941 bits per heavy atom. The molecule has 4 rings (SSSR count). The van der Waals surface area contributed by atoms with E-state index < -0.39 is 11.7 Å². The third-order valence-corrected chi connectivity index (χ3v) is 5.66. The Balaban J connectivity index is 1.98. The first-order chi connectivity index (χ1) is 16.1. The zero-order chi connectivity index (χ0) is 24.6. The zero-order valence-electron chi connectivity index (χ0n) is 18.8. The number of anilines is 2. The summed E-state index contributed by atoms with van der Waals surface area (Å²) in [4.78, 5) is 22.8. The van der Waals surface area contributed by atoms with Crippen LogP contribution in [0.1, 0.15) is 30.0 Å². The Kier molecular flexibility index (Phi) is 6.00. The highest BCUT2D eigenvalue weighted by atomic mass is 19.4. The van der Waals surface area contributed by atoms with Crippen LogP contribution >= 0.6 is 0 Å². The van der Waals surface area contributed by atoms with Crippen LogP contribution in [0.25, 0.3) is 22.0 Å². The van der Waals surface area contributed by atoms with Crippen molar-refractivity contribution in [3.05, 3.63) is 77.6 Å². The number of rotatable bonds is 4. The molecular weight excluding hydrogens is 443 g/mol. The predicted molar refractivity (Wildman–Crippen MR) is 125 cm³/mol. The molecule has 0 radical (unpaired) electrons. The Hall–Kier alpha value is -3.94. The van der Waals surface area contributed by atoms with Gasteiger partial charge < -0.3 is 5.11 Å². The predicted octanol–water partition coefficient (Wildman–Crippen LogP) is 6.71. The molecule has 0 atom stereocenters. The number of carbonyl (C=O) groups excluding carboxylic acids is 1. The normalized spacial score (nSPS) is 11.6. The standard InChI is InChI=1S/C26H22F3N3O2/c1-4-24(34)32(19-8-5-15(2)21(12-19)26(27,28)29)25-16(3)13-30-22-9-6-17(11-20(22)25)18-7-10-23(33)31-14-18/h5-14H,4H2,1-3H3,(H,31,33). The van der Waals surface area contributed by atoms with Gasteiger partial charge in [-0.25, -0.2) is 4.98 Å². The molecule has 5 nitrogen and oxygen atoms in total. The Morgan fingerprint density at radius 3 is 2.32 bits per heavy atom. The maximum Gasteiger partial charge on any atom is 0.416 e. The fraction of sp³-hybridized carbons (Fsp3) is 0.192. The minimum atomic E-state index is -4.55. The van der Waals surface area contributed by atoms with Gasteiger partial charge in [0.2, 0.25) is 11.8 Å². The van der Waals surface area contributed by atoms with Crippen LogP contribution in [0.4, 0.5) is 24.5 Å². The van der Waals surface area contributed by atoms with Crippen LogP contribution in [0.2, 0.25) is 0 Å². The third kappa shape index (κ3) is 4.31. The highest BCUT2D eigenvalue weighted by Gasteiger charge is 2.33. The number of aryl methyl sites for hydroxylation is 2. The van der Waals surface area contributed by atoms with E-state index >= 15 is 0 Å². The number of nitrogens with zero attached hydrogens (tertiary/aromatic N) is 3. The topological polar surface area (TPSA) is 66.3 Å². The molecule has 0 aliphatic rings. The van der Waals surface area contributed by atoms with Crippen molar-refractivity contribution in [2.75, 3.05) is 4.90 Å².